The van der Waals surface area contributed by atoms with E-state index in [1.54, 1.807) is 12.4 Å². The van der Waals surface area contributed by atoms with Crippen molar-refractivity contribution in [1.82, 2.24) is 15.3 Å². The van der Waals surface area contributed by atoms with E-state index in [0.717, 1.165) is 44.3 Å². The van der Waals surface area contributed by atoms with Gasteiger partial charge in [0.1, 0.15) is 5.82 Å². The predicted molar refractivity (Wildman–Crippen MR) is 79.0 cm³/mol. The number of carbonyl (C=O) groups excluding carboxylic acids is 1. The maximum absolute atomic E-state index is 12.0. The number of carbonyl (C=O) groups is 1. The van der Waals surface area contributed by atoms with Gasteiger partial charge < -0.3 is 15.7 Å². The van der Waals surface area contributed by atoms with E-state index in [4.69, 9.17) is 0 Å². The molecular formula is C15H22N4O2. The number of amides is 2. The fourth-order valence-corrected chi connectivity index (χ4v) is 2.91. The SMILES string of the molecule is O=C(Nc1cnc(C2CC2)nc1)NC1CCCCC1CO. The Hall–Kier alpha value is -1.69. The van der Waals surface area contributed by atoms with Gasteiger partial charge in [0.05, 0.1) is 18.1 Å². The van der Waals surface area contributed by atoms with Crippen LogP contribution in [0.4, 0.5) is 10.5 Å². The summed E-state index contributed by atoms with van der Waals surface area (Å²) in [6.45, 7) is 0.129. The van der Waals surface area contributed by atoms with Gasteiger partial charge in [-0.3, -0.25) is 0 Å². The summed E-state index contributed by atoms with van der Waals surface area (Å²) in [6, 6.07) is -0.196. The predicted octanol–water partition coefficient (Wildman–Crippen LogP) is 2.03. The van der Waals surface area contributed by atoms with Gasteiger partial charge in [-0.2, -0.15) is 0 Å². The maximum atomic E-state index is 12.0. The van der Waals surface area contributed by atoms with Crippen LogP contribution in [0.25, 0.3) is 0 Å². The third-order valence-corrected chi connectivity index (χ3v) is 4.33. The molecule has 6 nitrogen and oxygen atoms in total. The Labute approximate surface area is 124 Å². The van der Waals surface area contributed by atoms with Gasteiger partial charge in [-0.1, -0.05) is 12.8 Å². The molecule has 0 saturated heterocycles. The maximum Gasteiger partial charge on any atom is 0.319 e. The van der Waals surface area contributed by atoms with Crippen LogP contribution in [-0.4, -0.2) is 33.8 Å². The standard InChI is InChI=1S/C15H22N4O2/c20-9-11-3-1-2-4-13(11)19-15(21)18-12-7-16-14(17-8-12)10-5-6-10/h7-8,10-11,13,20H,1-6,9H2,(H2,18,19,21). The molecule has 3 N–H and O–H groups in total. The Kier molecular flexibility index (Phi) is 4.34. The number of aromatic nitrogens is 2. The zero-order valence-electron chi connectivity index (χ0n) is 12.1. The first-order chi connectivity index (χ1) is 10.3. The third kappa shape index (κ3) is 3.69. The molecule has 2 atom stereocenters. The monoisotopic (exact) mass is 290 g/mol. The molecule has 1 aromatic rings. The number of nitrogens with one attached hydrogen (secondary N) is 2. The summed E-state index contributed by atoms with van der Waals surface area (Å²) in [5.74, 6) is 1.55. The van der Waals surface area contributed by atoms with Crippen molar-refractivity contribution in [3.63, 3.8) is 0 Å². The highest BCUT2D eigenvalue weighted by molar-refractivity contribution is 5.89. The second-order valence-electron chi connectivity index (χ2n) is 6.04. The quantitative estimate of drug-likeness (QED) is 0.791. The number of nitrogens with zero attached hydrogens (tertiary/aromatic N) is 2. The molecule has 0 aliphatic heterocycles. The highest BCUT2D eigenvalue weighted by Gasteiger charge is 2.27. The number of aliphatic hydroxyl groups is 1. The summed E-state index contributed by atoms with van der Waals surface area (Å²) in [6.07, 6.45) is 9.77. The number of anilines is 1. The van der Waals surface area contributed by atoms with Crippen LogP contribution in [0, 0.1) is 5.92 Å². The van der Waals surface area contributed by atoms with Gasteiger partial charge in [0.2, 0.25) is 0 Å². The number of rotatable bonds is 4. The molecule has 1 aromatic heterocycles. The molecule has 1 heterocycles. The van der Waals surface area contributed by atoms with E-state index in [-0.39, 0.29) is 24.6 Å². The minimum Gasteiger partial charge on any atom is -0.396 e. The third-order valence-electron chi connectivity index (χ3n) is 4.33. The fraction of sp³-hybridized carbons (Fsp3) is 0.667. The lowest BCUT2D eigenvalue weighted by Gasteiger charge is -2.30. The largest absolute Gasteiger partial charge is 0.396 e. The van der Waals surface area contributed by atoms with Crippen molar-refractivity contribution in [2.45, 2.75) is 50.5 Å². The number of urea groups is 1. The van der Waals surface area contributed by atoms with Crippen molar-refractivity contribution in [1.29, 1.82) is 0 Å². The highest BCUT2D eigenvalue weighted by atomic mass is 16.3. The van der Waals surface area contributed by atoms with Gasteiger partial charge in [-0.25, -0.2) is 14.8 Å². The highest BCUT2D eigenvalue weighted by Crippen LogP contribution is 2.37. The Balaban J connectivity index is 1.52. The molecule has 3 rings (SSSR count). The average molecular weight is 290 g/mol. The van der Waals surface area contributed by atoms with Gasteiger partial charge in [0, 0.05) is 24.5 Å². The summed E-state index contributed by atoms with van der Waals surface area (Å²) in [7, 11) is 0. The van der Waals surface area contributed by atoms with Gasteiger partial charge in [0.25, 0.3) is 0 Å². The number of hydrogen-bond donors (Lipinski definition) is 3. The smallest absolute Gasteiger partial charge is 0.319 e. The van der Waals surface area contributed by atoms with Crippen LogP contribution in [0.2, 0.25) is 0 Å². The first-order valence-electron chi connectivity index (χ1n) is 7.76. The lowest BCUT2D eigenvalue weighted by molar-refractivity contribution is 0.156. The summed E-state index contributed by atoms with van der Waals surface area (Å²) < 4.78 is 0. The average Bonchev–Trinajstić information content (AvgIpc) is 3.33. The molecule has 0 spiro atoms. The van der Waals surface area contributed by atoms with E-state index in [2.05, 4.69) is 20.6 Å². The van der Waals surface area contributed by atoms with E-state index < -0.39 is 0 Å². The normalized spacial score (nSPS) is 25.4. The van der Waals surface area contributed by atoms with Crippen LogP contribution in [0.5, 0.6) is 0 Å². The van der Waals surface area contributed by atoms with E-state index in [1.807, 2.05) is 0 Å². The Morgan fingerprint density at radius 3 is 2.57 bits per heavy atom. The van der Waals surface area contributed by atoms with Crippen molar-refractivity contribution in [3.8, 4) is 0 Å². The molecule has 0 radical (unpaired) electrons. The first kappa shape index (κ1) is 14.3. The van der Waals surface area contributed by atoms with Crippen molar-refractivity contribution in [2.24, 2.45) is 5.92 Å². The summed E-state index contributed by atoms with van der Waals surface area (Å²) in [5, 5.41) is 15.1. The Bertz CT molecular complexity index is 487. The Morgan fingerprint density at radius 1 is 1.19 bits per heavy atom. The van der Waals surface area contributed by atoms with Gasteiger partial charge in [0.15, 0.2) is 0 Å². The molecule has 6 heteroatoms. The summed E-state index contributed by atoms with van der Waals surface area (Å²) >= 11 is 0. The lowest BCUT2D eigenvalue weighted by atomic mass is 9.85. The van der Waals surface area contributed by atoms with E-state index >= 15 is 0 Å². The minimum absolute atomic E-state index is 0.0513. The van der Waals surface area contributed by atoms with Gasteiger partial charge in [-0.05, 0) is 25.7 Å². The molecule has 0 aromatic carbocycles. The molecular weight excluding hydrogens is 268 g/mol. The summed E-state index contributed by atoms with van der Waals surface area (Å²) in [5.41, 5.74) is 0.605. The van der Waals surface area contributed by atoms with Crippen LogP contribution >= 0.6 is 0 Å². The molecule has 2 aliphatic rings. The van der Waals surface area contributed by atoms with E-state index in [1.165, 1.54) is 0 Å². The molecule has 2 fully saturated rings. The number of hydrogen-bond acceptors (Lipinski definition) is 4. The van der Waals surface area contributed by atoms with Crippen LogP contribution < -0.4 is 10.6 Å². The molecule has 114 valence electrons. The molecule has 2 aliphatic carbocycles. The lowest BCUT2D eigenvalue weighted by Crippen LogP contribution is -2.45. The van der Waals surface area contributed by atoms with E-state index in [9.17, 15) is 9.90 Å². The molecule has 2 unspecified atom stereocenters. The second kappa shape index (κ2) is 6.39. The van der Waals surface area contributed by atoms with Crippen molar-refractivity contribution >= 4 is 11.7 Å². The van der Waals surface area contributed by atoms with Gasteiger partial charge >= 0.3 is 6.03 Å². The van der Waals surface area contributed by atoms with E-state index in [0.29, 0.717) is 11.6 Å². The Morgan fingerprint density at radius 2 is 1.90 bits per heavy atom. The molecule has 2 saturated carbocycles. The van der Waals surface area contributed by atoms with Crippen LogP contribution in [0.1, 0.15) is 50.3 Å². The van der Waals surface area contributed by atoms with Crippen LogP contribution in [0.15, 0.2) is 12.4 Å². The topological polar surface area (TPSA) is 87.1 Å². The zero-order chi connectivity index (χ0) is 14.7. The van der Waals surface area contributed by atoms with Crippen molar-refractivity contribution < 1.29 is 9.90 Å². The fourth-order valence-electron chi connectivity index (χ4n) is 2.91. The summed E-state index contributed by atoms with van der Waals surface area (Å²) in [4.78, 5) is 20.6. The zero-order valence-corrected chi connectivity index (χ0v) is 12.1. The minimum atomic E-state index is -0.247. The van der Waals surface area contributed by atoms with Crippen LogP contribution in [0.3, 0.4) is 0 Å². The molecule has 0 bridgehead atoms. The number of aliphatic hydroxyl groups excluding tert-OH is 1. The van der Waals surface area contributed by atoms with Crippen molar-refractivity contribution in [2.75, 3.05) is 11.9 Å². The first-order valence-corrected chi connectivity index (χ1v) is 7.76. The molecule has 2 amide bonds. The second-order valence-corrected chi connectivity index (χ2v) is 6.04. The molecule has 21 heavy (non-hydrogen) atoms. The van der Waals surface area contributed by atoms with Crippen molar-refractivity contribution in [3.05, 3.63) is 18.2 Å². The van der Waals surface area contributed by atoms with Crippen LogP contribution in [-0.2, 0) is 0 Å². The van der Waals surface area contributed by atoms with Gasteiger partial charge in [-0.15, -0.1) is 0 Å².